The van der Waals surface area contributed by atoms with Crippen molar-refractivity contribution in [2.45, 2.75) is 18.3 Å². The van der Waals surface area contributed by atoms with Gasteiger partial charge in [0.05, 0.1) is 19.6 Å². The van der Waals surface area contributed by atoms with Crippen LogP contribution in [0.4, 0.5) is 0 Å². The molecule has 134 valence electrons. The molecule has 0 amide bonds. The van der Waals surface area contributed by atoms with E-state index in [0.29, 0.717) is 11.5 Å². The van der Waals surface area contributed by atoms with E-state index in [1.807, 2.05) is 30.3 Å². The Hall–Kier alpha value is -3.08. The first-order valence-electron chi connectivity index (χ1n) is 8.31. The quantitative estimate of drug-likeness (QED) is 0.452. The van der Waals surface area contributed by atoms with Crippen molar-refractivity contribution in [3.63, 3.8) is 0 Å². The van der Waals surface area contributed by atoms with Gasteiger partial charge in [-0.15, -0.1) is 0 Å². The minimum absolute atomic E-state index is 0.278. The summed E-state index contributed by atoms with van der Waals surface area (Å²) < 4.78 is 15.5. The number of carbonyl (C=O) groups excluding carboxylic acids is 2. The van der Waals surface area contributed by atoms with Crippen molar-refractivity contribution in [1.82, 2.24) is 0 Å². The van der Waals surface area contributed by atoms with Crippen molar-refractivity contribution in [2.75, 3.05) is 14.2 Å². The topological polar surface area (TPSA) is 61.8 Å². The molecule has 0 aliphatic heterocycles. The molecule has 1 fully saturated rings. The highest BCUT2D eigenvalue weighted by atomic mass is 16.6. The van der Waals surface area contributed by atoms with Crippen LogP contribution in [0.2, 0.25) is 0 Å². The number of esters is 2. The first-order chi connectivity index (χ1) is 12.6. The van der Waals surface area contributed by atoms with Gasteiger partial charge in [0, 0.05) is 6.08 Å². The molecule has 2 aromatic carbocycles. The summed E-state index contributed by atoms with van der Waals surface area (Å²) in [6.07, 6.45) is 4.47. The van der Waals surface area contributed by atoms with E-state index in [9.17, 15) is 9.59 Å². The molecule has 26 heavy (non-hydrogen) atoms. The van der Waals surface area contributed by atoms with Crippen LogP contribution in [-0.4, -0.2) is 26.2 Å². The monoisotopic (exact) mass is 352 g/mol. The van der Waals surface area contributed by atoms with E-state index in [0.717, 1.165) is 24.0 Å². The van der Waals surface area contributed by atoms with E-state index in [-0.39, 0.29) is 5.97 Å². The molecule has 0 N–H and O–H groups in total. The molecule has 0 radical (unpaired) electrons. The molecule has 5 heteroatoms. The summed E-state index contributed by atoms with van der Waals surface area (Å²) in [6.45, 7) is 0. The van der Waals surface area contributed by atoms with Gasteiger partial charge in [-0.3, -0.25) is 4.79 Å². The molecule has 5 nitrogen and oxygen atoms in total. The molecular weight excluding hydrogens is 332 g/mol. The van der Waals surface area contributed by atoms with Crippen LogP contribution < -0.4 is 9.47 Å². The number of ether oxygens (including phenoxy) is 3. The van der Waals surface area contributed by atoms with Crippen molar-refractivity contribution >= 4 is 18.0 Å². The van der Waals surface area contributed by atoms with Crippen molar-refractivity contribution in [1.29, 1.82) is 0 Å². The second kappa shape index (κ2) is 7.44. The van der Waals surface area contributed by atoms with Gasteiger partial charge in [-0.05, 0) is 42.2 Å². The van der Waals surface area contributed by atoms with Crippen molar-refractivity contribution in [2.24, 2.45) is 0 Å². The summed E-state index contributed by atoms with van der Waals surface area (Å²) in [5.41, 5.74) is 1.15. The van der Waals surface area contributed by atoms with Gasteiger partial charge in [0.25, 0.3) is 0 Å². The Morgan fingerprint density at radius 3 is 2.35 bits per heavy atom. The predicted molar refractivity (Wildman–Crippen MR) is 97.0 cm³/mol. The molecule has 1 aliphatic rings. The third-order valence-electron chi connectivity index (χ3n) is 4.47. The van der Waals surface area contributed by atoms with Crippen LogP contribution in [0.25, 0.3) is 6.08 Å². The zero-order valence-electron chi connectivity index (χ0n) is 14.7. The lowest BCUT2D eigenvalue weighted by Crippen LogP contribution is -2.26. The molecule has 0 aromatic heterocycles. The van der Waals surface area contributed by atoms with Crippen LogP contribution in [0.15, 0.2) is 54.6 Å². The standard InChI is InChI=1S/C21H20O5/c1-24-18-14-15(9-11-19(22)25-2)8-10-17(18)26-20(23)21(12-13-21)16-6-4-3-5-7-16/h3-11,14H,12-13H2,1-2H3/b11-9+. The Balaban J connectivity index is 1.78. The van der Waals surface area contributed by atoms with E-state index >= 15 is 0 Å². The lowest BCUT2D eigenvalue weighted by atomic mass is 9.96. The number of hydrogen-bond donors (Lipinski definition) is 0. The Morgan fingerprint density at radius 1 is 1.00 bits per heavy atom. The van der Waals surface area contributed by atoms with E-state index in [4.69, 9.17) is 9.47 Å². The summed E-state index contributed by atoms with van der Waals surface area (Å²) in [6, 6.07) is 14.8. The fraction of sp³-hybridized carbons (Fsp3) is 0.238. The smallest absolute Gasteiger partial charge is 0.330 e. The SMILES string of the molecule is COC(=O)/C=C/c1ccc(OC(=O)C2(c3ccccc3)CC2)c(OC)c1. The third kappa shape index (κ3) is 3.61. The fourth-order valence-electron chi connectivity index (χ4n) is 2.79. The minimum atomic E-state index is -0.560. The lowest BCUT2D eigenvalue weighted by Gasteiger charge is -2.16. The van der Waals surface area contributed by atoms with Crippen LogP contribution >= 0.6 is 0 Å². The maximum absolute atomic E-state index is 12.8. The molecule has 0 spiro atoms. The summed E-state index contributed by atoms with van der Waals surface area (Å²) in [4.78, 5) is 23.9. The lowest BCUT2D eigenvalue weighted by molar-refractivity contribution is -0.137. The number of carbonyl (C=O) groups is 2. The van der Waals surface area contributed by atoms with E-state index in [2.05, 4.69) is 4.74 Å². The summed E-state index contributed by atoms with van der Waals surface area (Å²) in [7, 11) is 2.82. The van der Waals surface area contributed by atoms with Gasteiger partial charge >= 0.3 is 11.9 Å². The molecule has 2 aromatic rings. The second-order valence-electron chi connectivity index (χ2n) is 6.10. The Bertz CT molecular complexity index is 835. The maximum atomic E-state index is 12.8. The summed E-state index contributed by atoms with van der Waals surface area (Å²) in [5.74, 6) is 0.0574. The Kier molecular flexibility index (Phi) is 5.07. The largest absolute Gasteiger partial charge is 0.493 e. The molecule has 0 unspecified atom stereocenters. The second-order valence-corrected chi connectivity index (χ2v) is 6.10. The highest BCUT2D eigenvalue weighted by molar-refractivity contribution is 5.89. The van der Waals surface area contributed by atoms with Gasteiger partial charge in [-0.25, -0.2) is 4.79 Å². The van der Waals surface area contributed by atoms with Gasteiger partial charge < -0.3 is 14.2 Å². The number of benzene rings is 2. The number of hydrogen-bond acceptors (Lipinski definition) is 5. The van der Waals surface area contributed by atoms with Crippen LogP contribution in [0.3, 0.4) is 0 Å². The zero-order valence-corrected chi connectivity index (χ0v) is 14.7. The molecule has 0 atom stereocenters. The molecule has 3 rings (SSSR count). The summed E-state index contributed by atoms with van der Waals surface area (Å²) >= 11 is 0. The van der Waals surface area contributed by atoms with Crippen LogP contribution in [0.5, 0.6) is 11.5 Å². The summed E-state index contributed by atoms with van der Waals surface area (Å²) in [5, 5.41) is 0. The van der Waals surface area contributed by atoms with Crippen LogP contribution in [-0.2, 0) is 19.7 Å². The van der Waals surface area contributed by atoms with Gasteiger partial charge in [0.2, 0.25) is 0 Å². The molecule has 0 saturated heterocycles. The van der Waals surface area contributed by atoms with Crippen LogP contribution in [0, 0.1) is 0 Å². The normalized spacial score (nSPS) is 14.7. The van der Waals surface area contributed by atoms with E-state index in [1.54, 1.807) is 24.3 Å². The van der Waals surface area contributed by atoms with E-state index < -0.39 is 11.4 Å². The number of methoxy groups -OCH3 is 2. The van der Waals surface area contributed by atoms with E-state index in [1.165, 1.54) is 20.3 Å². The molecule has 1 aliphatic carbocycles. The third-order valence-corrected chi connectivity index (χ3v) is 4.47. The highest BCUT2D eigenvalue weighted by Crippen LogP contribution is 2.49. The molecule has 0 heterocycles. The van der Waals surface area contributed by atoms with Gasteiger partial charge in [0.1, 0.15) is 0 Å². The average molecular weight is 352 g/mol. The van der Waals surface area contributed by atoms with Crippen molar-refractivity contribution in [3.8, 4) is 11.5 Å². The van der Waals surface area contributed by atoms with Gasteiger partial charge in [-0.2, -0.15) is 0 Å². The molecular formula is C21H20O5. The zero-order chi connectivity index (χ0) is 18.6. The first-order valence-corrected chi connectivity index (χ1v) is 8.31. The van der Waals surface area contributed by atoms with Crippen LogP contribution in [0.1, 0.15) is 24.0 Å². The predicted octanol–water partition coefficient (Wildman–Crippen LogP) is 3.52. The maximum Gasteiger partial charge on any atom is 0.330 e. The van der Waals surface area contributed by atoms with Gasteiger partial charge in [-0.1, -0.05) is 36.4 Å². The van der Waals surface area contributed by atoms with Crippen molar-refractivity contribution < 1.29 is 23.8 Å². The van der Waals surface area contributed by atoms with Crippen molar-refractivity contribution in [3.05, 3.63) is 65.7 Å². The Morgan fingerprint density at radius 2 is 1.73 bits per heavy atom. The average Bonchev–Trinajstić information content (AvgIpc) is 3.49. The molecule has 1 saturated carbocycles. The Labute approximate surface area is 152 Å². The molecule has 0 bridgehead atoms. The highest BCUT2D eigenvalue weighted by Gasteiger charge is 2.53. The number of rotatable bonds is 6. The fourth-order valence-corrected chi connectivity index (χ4v) is 2.79. The first kappa shape index (κ1) is 17.7. The minimum Gasteiger partial charge on any atom is -0.493 e. The van der Waals surface area contributed by atoms with Gasteiger partial charge in [0.15, 0.2) is 11.5 Å².